The van der Waals surface area contributed by atoms with E-state index in [1.165, 1.54) is 23.9 Å². The second-order valence-corrected chi connectivity index (χ2v) is 13.6. The number of carbonyl (C=O) groups is 3. The number of nitro groups is 1. The van der Waals surface area contributed by atoms with Crippen molar-refractivity contribution in [2.24, 2.45) is 29.6 Å². The van der Waals surface area contributed by atoms with Crippen LogP contribution in [0.5, 0.6) is 5.75 Å². The molecular formula is C28H22ClN3O8S2. The molecule has 2 aliphatic carbocycles. The number of carboxylic acids is 1. The third-order valence-electron chi connectivity index (χ3n) is 8.99. The number of rotatable bonds is 7. The number of benzene rings is 2. The summed E-state index contributed by atoms with van der Waals surface area (Å²) in [4.78, 5) is 66.4. The molecule has 3 aromatic rings. The van der Waals surface area contributed by atoms with Crippen LogP contribution in [0.1, 0.15) is 28.3 Å². The lowest BCUT2D eigenvalue weighted by Crippen LogP contribution is -2.42. The highest BCUT2D eigenvalue weighted by Gasteiger charge is 2.69. The number of hydrogen-bond acceptors (Lipinski definition) is 9. The van der Waals surface area contributed by atoms with E-state index in [1.807, 2.05) is 12.1 Å². The van der Waals surface area contributed by atoms with E-state index >= 15 is 0 Å². The van der Waals surface area contributed by atoms with Crippen LogP contribution in [0.15, 0.2) is 52.3 Å². The van der Waals surface area contributed by atoms with Crippen molar-refractivity contribution in [2.75, 3.05) is 6.54 Å². The number of thiazole rings is 1. The number of carboxylic acid groups (broad SMARTS) is 1. The van der Waals surface area contributed by atoms with Gasteiger partial charge in [0.1, 0.15) is 18.9 Å². The van der Waals surface area contributed by atoms with Crippen LogP contribution in [0.3, 0.4) is 0 Å². The Morgan fingerprint density at radius 1 is 1.14 bits per heavy atom. The van der Waals surface area contributed by atoms with Crippen molar-refractivity contribution in [3.05, 3.63) is 83.3 Å². The molecule has 2 aliphatic heterocycles. The number of fused-ring (bicyclic) bond motifs is 9. The second kappa shape index (κ2) is 9.96. The zero-order valence-corrected chi connectivity index (χ0v) is 24.0. The fourth-order valence-corrected chi connectivity index (χ4v) is 10.6. The number of aromatic amines is 1. The first-order chi connectivity index (χ1) is 20.1. The van der Waals surface area contributed by atoms with E-state index in [2.05, 4.69) is 4.98 Å². The first-order valence-corrected chi connectivity index (χ1v) is 15.3. The van der Waals surface area contributed by atoms with Gasteiger partial charge in [-0.2, -0.15) is 0 Å². The number of aromatic nitrogens is 1. The van der Waals surface area contributed by atoms with Crippen LogP contribution in [0.25, 0.3) is 0 Å². The van der Waals surface area contributed by atoms with Crippen LogP contribution in [-0.4, -0.2) is 49.5 Å². The average molecular weight is 628 g/mol. The van der Waals surface area contributed by atoms with Crippen LogP contribution >= 0.6 is 34.7 Å². The van der Waals surface area contributed by atoms with Crippen molar-refractivity contribution in [3.63, 3.8) is 0 Å². The number of likely N-dealkylation sites (tertiary alicyclic amines) is 1. The largest absolute Gasteiger partial charge is 0.489 e. The molecule has 0 unspecified atom stereocenters. The average Bonchev–Trinajstić information content (AvgIpc) is 3.68. The molecule has 0 radical (unpaired) electrons. The van der Waals surface area contributed by atoms with E-state index in [1.54, 1.807) is 18.2 Å². The Kier molecular flexibility index (Phi) is 6.44. The summed E-state index contributed by atoms with van der Waals surface area (Å²) in [7, 11) is 0. The second-order valence-electron chi connectivity index (χ2n) is 11.0. The van der Waals surface area contributed by atoms with Gasteiger partial charge < -0.3 is 14.8 Å². The maximum atomic E-state index is 13.4. The fraction of sp³-hybridized carbons (Fsp3) is 0.357. The normalized spacial score (nSPS) is 28.9. The minimum absolute atomic E-state index is 0.101. The summed E-state index contributed by atoms with van der Waals surface area (Å²) < 4.78 is 6.24. The molecule has 3 fully saturated rings. The Hall–Kier alpha value is -3.68. The molecule has 2 bridgehead atoms. The number of nitrogens with zero attached hydrogens (tertiary/aromatic N) is 2. The van der Waals surface area contributed by atoms with Crippen LogP contribution in [0.4, 0.5) is 5.69 Å². The number of hydrogen-bond donors (Lipinski definition) is 2. The van der Waals surface area contributed by atoms with Crippen LogP contribution in [-0.2, 0) is 21.0 Å². The smallest absolute Gasteiger partial charge is 0.323 e. The first-order valence-electron chi connectivity index (χ1n) is 13.2. The number of H-pyrrole nitrogens is 1. The molecule has 11 nitrogen and oxygen atoms in total. The Labute approximate surface area is 251 Å². The number of amides is 2. The molecule has 1 saturated heterocycles. The zero-order valence-electron chi connectivity index (χ0n) is 21.6. The number of halogens is 1. The Bertz CT molecular complexity index is 1740. The van der Waals surface area contributed by atoms with Crippen molar-refractivity contribution in [2.45, 2.75) is 29.2 Å². The quantitative estimate of drug-likeness (QED) is 0.223. The van der Waals surface area contributed by atoms with E-state index in [4.69, 9.17) is 16.3 Å². The molecule has 2 amide bonds. The number of ether oxygens (including phenoxy) is 1. The number of nitrogens with one attached hydrogen (secondary N) is 1. The monoisotopic (exact) mass is 627 g/mol. The van der Waals surface area contributed by atoms with E-state index in [0.29, 0.717) is 32.7 Å². The highest BCUT2D eigenvalue weighted by molar-refractivity contribution is 8.00. The summed E-state index contributed by atoms with van der Waals surface area (Å²) in [6, 6.07) is 11.6. The molecule has 2 aromatic carbocycles. The van der Waals surface area contributed by atoms with Gasteiger partial charge >= 0.3 is 10.8 Å². The molecular weight excluding hydrogens is 606 g/mol. The summed E-state index contributed by atoms with van der Waals surface area (Å²) in [5.41, 5.74) is 1.10. The minimum atomic E-state index is -1.26. The molecule has 4 aliphatic rings. The lowest BCUT2D eigenvalue weighted by Gasteiger charge is -2.43. The van der Waals surface area contributed by atoms with Gasteiger partial charge in [-0.05, 0) is 36.3 Å². The SMILES string of the molecule is O=C(O)CN1C(=O)[C@@H]2[C@H]3C[C@@H]([C@H]4Sc5[nH]c(=O)sc5[C@@H](c5cc([N+](=O)[O-])ccc5OCc5ccccc5Cl)[C@@H]34)[C@H]2C1=O. The molecule has 7 atom stereocenters. The van der Waals surface area contributed by atoms with Gasteiger partial charge in [-0.1, -0.05) is 41.1 Å². The Balaban J connectivity index is 1.33. The summed E-state index contributed by atoms with van der Waals surface area (Å²) in [6.45, 7) is -0.578. The molecule has 42 heavy (non-hydrogen) atoms. The van der Waals surface area contributed by atoms with Crippen molar-refractivity contribution < 1.29 is 29.2 Å². The van der Waals surface area contributed by atoms with Gasteiger partial charge in [0.05, 0.1) is 21.8 Å². The number of carbonyl (C=O) groups excluding carboxylic acids is 2. The summed E-state index contributed by atoms with van der Waals surface area (Å²) in [5.74, 6) is -4.36. The predicted octanol–water partition coefficient (Wildman–Crippen LogP) is 4.13. The first kappa shape index (κ1) is 27.2. The summed E-state index contributed by atoms with van der Waals surface area (Å²) >= 11 is 8.84. The lowest BCUT2D eigenvalue weighted by atomic mass is 9.68. The van der Waals surface area contributed by atoms with Gasteiger partial charge in [-0.25, -0.2) is 0 Å². The third-order valence-corrected chi connectivity index (χ3v) is 11.9. The molecule has 1 aromatic heterocycles. The third kappa shape index (κ3) is 4.08. The fourth-order valence-electron chi connectivity index (χ4n) is 7.51. The van der Waals surface area contributed by atoms with Gasteiger partial charge in [0.15, 0.2) is 0 Å². The minimum Gasteiger partial charge on any atom is -0.489 e. The maximum absolute atomic E-state index is 13.4. The molecule has 14 heteroatoms. The molecule has 7 rings (SSSR count). The maximum Gasteiger partial charge on any atom is 0.323 e. The Morgan fingerprint density at radius 2 is 1.88 bits per heavy atom. The molecule has 3 heterocycles. The highest BCUT2D eigenvalue weighted by Crippen LogP contribution is 2.69. The molecule has 2 N–H and O–H groups in total. The van der Waals surface area contributed by atoms with Gasteiger partial charge in [-0.15, -0.1) is 11.8 Å². The van der Waals surface area contributed by atoms with Crippen molar-refractivity contribution in [3.8, 4) is 5.75 Å². The highest BCUT2D eigenvalue weighted by atomic mass is 35.5. The zero-order chi connectivity index (χ0) is 29.4. The lowest BCUT2D eigenvalue weighted by molar-refractivity contribution is -0.385. The number of aliphatic carboxylic acids is 1. The van der Waals surface area contributed by atoms with Crippen molar-refractivity contribution in [1.29, 1.82) is 0 Å². The van der Waals surface area contributed by atoms with Crippen molar-refractivity contribution >= 4 is 58.2 Å². The van der Waals surface area contributed by atoms with Gasteiger partial charge in [-0.3, -0.25) is 34.2 Å². The number of non-ortho nitro benzene ring substituents is 1. The van der Waals surface area contributed by atoms with E-state index in [0.717, 1.165) is 21.8 Å². The van der Waals surface area contributed by atoms with Gasteiger partial charge in [0.2, 0.25) is 11.8 Å². The number of nitro benzene ring substituents is 1. The van der Waals surface area contributed by atoms with E-state index < -0.39 is 47.0 Å². The van der Waals surface area contributed by atoms with Crippen LogP contribution < -0.4 is 9.61 Å². The number of thioether (sulfide) groups is 1. The predicted molar refractivity (Wildman–Crippen MR) is 152 cm³/mol. The number of imide groups is 1. The standard InChI is InChI=1S/C28H22ClN3O8S2/c29-16-4-2-1-3-11(16)10-40-17-6-5-12(32(38)39)7-13(17)19-20-14-8-15(23(20)41-25-24(19)42-28(37)30-25)22-21(14)26(35)31(27(22)36)9-18(33)34/h1-7,14-15,19-23H,8-10H2,(H,30,37)(H,33,34)/t14-,15+,19-,20+,21+,22+,23+/m0/s1. The van der Waals surface area contributed by atoms with Gasteiger partial charge in [0, 0.05) is 44.3 Å². The topological polar surface area (TPSA) is 160 Å². The Morgan fingerprint density at radius 3 is 2.60 bits per heavy atom. The van der Waals surface area contributed by atoms with Gasteiger partial charge in [0.25, 0.3) is 5.69 Å². The molecule has 0 spiro atoms. The van der Waals surface area contributed by atoms with Crippen LogP contribution in [0, 0.1) is 39.7 Å². The molecule has 216 valence electrons. The summed E-state index contributed by atoms with van der Waals surface area (Å²) in [5, 5.41) is 22.2. The van der Waals surface area contributed by atoms with Crippen LogP contribution in [0.2, 0.25) is 5.02 Å². The van der Waals surface area contributed by atoms with E-state index in [9.17, 15) is 34.4 Å². The summed E-state index contributed by atoms with van der Waals surface area (Å²) in [6.07, 6.45) is 0.594. The van der Waals surface area contributed by atoms with E-state index in [-0.39, 0.29) is 40.2 Å². The van der Waals surface area contributed by atoms with Crippen molar-refractivity contribution in [1.82, 2.24) is 9.88 Å². The molecule has 2 saturated carbocycles.